The summed E-state index contributed by atoms with van der Waals surface area (Å²) in [5.74, 6) is 0.205. The Labute approximate surface area is 151 Å². The quantitative estimate of drug-likeness (QED) is 0.779. The molecule has 2 atom stereocenters. The van der Waals surface area contributed by atoms with Crippen LogP contribution < -0.4 is 10.6 Å². The summed E-state index contributed by atoms with van der Waals surface area (Å²) in [6, 6.07) is 17.9. The largest absolute Gasteiger partial charge is 0.369 e. The molecule has 26 heavy (non-hydrogen) atoms. The highest BCUT2D eigenvalue weighted by Gasteiger charge is 2.33. The highest BCUT2D eigenvalue weighted by molar-refractivity contribution is 5.85. The molecule has 3 aromatic rings. The Bertz CT molecular complexity index is 923. The molecule has 1 aliphatic heterocycles. The number of benzene rings is 2. The minimum Gasteiger partial charge on any atom is -0.369 e. The fourth-order valence-corrected chi connectivity index (χ4v) is 3.61. The monoisotopic (exact) mass is 348 g/mol. The van der Waals surface area contributed by atoms with Crippen molar-refractivity contribution in [3.8, 4) is 5.69 Å². The minimum atomic E-state index is -0.280. The molecule has 0 saturated carbocycles. The lowest BCUT2D eigenvalue weighted by atomic mass is 9.85. The van der Waals surface area contributed by atoms with Crippen molar-refractivity contribution in [2.45, 2.75) is 31.8 Å². The Morgan fingerprint density at radius 2 is 1.88 bits per heavy atom. The van der Waals surface area contributed by atoms with Gasteiger partial charge >= 0.3 is 0 Å². The number of aromatic nitrogens is 4. The molecule has 1 aliphatic rings. The lowest BCUT2D eigenvalue weighted by Crippen LogP contribution is -2.41. The Morgan fingerprint density at radius 3 is 2.65 bits per heavy atom. The van der Waals surface area contributed by atoms with Gasteiger partial charge in [0, 0.05) is 11.7 Å². The molecule has 0 saturated heterocycles. The van der Waals surface area contributed by atoms with Gasteiger partial charge in [0.1, 0.15) is 0 Å². The van der Waals surface area contributed by atoms with Crippen LogP contribution in [0.2, 0.25) is 0 Å². The van der Waals surface area contributed by atoms with E-state index in [2.05, 4.69) is 27.3 Å². The number of carbonyl (C=O) groups is 1. The Kier molecular flexibility index (Phi) is 4.12. The van der Waals surface area contributed by atoms with E-state index in [-0.39, 0.29) is 17.9 Å². The summed E-state index contributed by atoms with van der Waals surface area (Å²) < 4.78 is 1.75. The predicted octanol–water partition coefficient (Wildman–Crippen LogP) is 2.03. The number of fused-ring (bicyclic) bond motifs is 1. The van der Waals surface area contributed by atoms with Gasteiger partial charge in [0.25, 0.3) is 0 Å². The summed E-state index contributed by atoms with van der Waals surface area (Å²) in [6.45, 7) is 2.65. The molecule has 7 heteroatoms. The average Bonchev–Trinajstić information content (AvgIpc) is 3.12. The van der Waals surface area contributed by atoms with Gasteiger partial charge in [-0.2, -0.15) is 4.68 Å². The number of rotatable bonds is 4. The molecule has 0 fully saturated rings. The van der Waals surface area contributed by atoms with Crippen molar-refractivity contribution in [2.75, 3.05) is 4.90 Å². The van der Waals surface area contributed by atoms with Gasteiger partial charge in [0.2, 0.25) is 5.91 Å². The average molecular weight is 348 g/mol. The zero-order valence-corrected chi connectivity index (χ0v) is 14.5. The molecule has 0 radical (unpaired) electrons. The van der Waals surface area contributed by atoms with Crippen LogP contribution >= 0.6 is 0 Å². The van der Waals surface area contributed by atoms with Crippen molar-refractivity contribution in [2.24, 2.45) is 5.73 Å². The number of nitrogens with zero attached hydrogens (tertiary/aromatic N) is 5. The van der Waals surface area contributed by atoms with E-state index in [4.69, 9.17) is 5.73 Å². The van der Waals surface area contributed by atoms with Crippen molar-refractivity contribution in [1.82, 2.24) is 20.2 Å². The number of hydrogen-bond acceptors (Lipinski definition) is 5. The number of hydrogen-bond donors (Lipinski definition) is 1. The number of nitrogens with two attached hydrogens (primary N) is 1. The van der Waals surface area contributed by atoms with Gasteiger partial charge in [-0.25, -0.2) is 0 Å². The highest BCUT2D eigenvalue weighted by atomic mass is 16.1. The summed E-state index contributed by atoms with van der Waals surface area (Å²) in [5.41, 5.74) is 8.53. The summed E-state index contributed by atoms with van der Waals surface area (Å²) in [5, 5.41) is 12.2. The SMILES string of the molecule is C[C@H]1C[C@@H](C(N)=O)c2ccccc2N1Cc1nnnn1-c1ccccc1. The van der Waals surface area contributed by atoms with E-state index in [1.807, 2.05) is 54.6 Å². The number of carbonyl (C=O) groups excluding carboxylic acids is 1. The maximum absolute atomic E-state index is 11.9. The van der Waals surface area contributed by atoms with Gasteiger partial charge in [-0.1, -0.05) is 36.4 Å². The van der Waals surface area contributed by atoms with Crippen molar-refractivity contribution in [3.63, 3.8) is 0 Å². The smallest absolute Gasteiger partial charge is 0.225 e. The van der Waals surface area contributed by atoms with Crippen LogP contribution in [0.25, 0.3) is 5.69 Å². The molecule has 2 N–H and O–H groups in total. The van der Waals surface area contributed by atoms with E-state index < -0.39 is 0 Å². The van der Waals surface area contributed by atoms with Gasteiger partial charge in [-0.15, -0.1) is 5.10 Å². The summed E-state index contributed by atoms with van der Waals surface area (Å²) in [4.78, 5) is 14.1. The fraction of sp³-hybridized carbons (Fsp3) is 0.263. The number of para-hydroxylation sites is 2. The van der Waals surface area contributed by atoms with Crippen molar-refractivity contribution < 1.29 is 4.79 Å². The van der Waals surface area contributed by atoms with Crippen LogP contribution in [-0.4, -0.2) is 32.2 Å². The molecular formula is C19H20N6O. The number of anilines is 1. The Morgan fingerprint density at radius 1 is 1.15 bits per heavy atom. The lowest BCUT2D eigenvalue weighted by molar-refractivity contribution is -0.119. The van der Waals surface area contributed by atoms with Crippen molar-refractivity contribution in [1.29, 1.82) is 0 Å². The van der Waals surface area contributed by atoms with Crippen LogP contribution in [0.4, 0.5) is 5.69 Å². The second-order valence-corrected chi connectivity index (χ2v) is 6.57. The second kappa shape index (κ2) is 6.59. The zero-order valence-electron chi connectivity index (χ0n) is 14.5. The van der Waals surface area contributed by atoms with E-state index >= 15 is 0 Å². The summed E-state index contributed by atoms with van der Waals surface area (Å²) >= 11 is 0. The van der Waals surface area contributed by atoms with Crippen LogP contribution in [0.5, 0.6) is 0 Å². The van der Waals surface area contributed by atoms with E-state index in [1.165, 1.54) is 0 Å². The Hall–Kier alpha value is -3.22. The molecule has 1 aromatic heterocycles. The van der Waals surface area contributed by atoms with E-state index in [0.29, 0.717) is 13.0 Å². The molecule has 0 aliphatic carbocycles. The minimum absolute atomic E-state index is 0.142. The first-order valence-corrected chi connectivity index (χ1v) is 8.62. The third-order valence-corrected chi connectivity index (χ3v) is 4.92. The Balaban J connectivity index is 1.70. The molecule has 2 heterocycles. The fourth-order valence-electron chi connectivity index (χ4n) is 3.61. The standard InChI is InChI=1S/C19H20N6O/c1-13-11-16(19(20)26)15-9-5-6-10-17(15)24(13)12-18-21-22-23-25(18)14-7-3-2-4-8-14/h2-10,13,16H,11-12H2,1H3,(H2,20,26)/t13-,16+/m0/s1. The number of amides is 1. The van der Waals surface area contributed by atoms with Crippen molar-refractivity contribution in [3.05, 3.63) is 66.0 Å². The maximum atomic E-state index is 11.9. The maximum Gasteiger partial charge on any atom is 0.225 e. The van der Waals surface area contributed by atoms with Gasteiger partial charge < -0.3 is 10.6 Å². The van der Waals surface area contributed by atoms with E-state index in [1.54, 1.807) is 4.68 Å². The zero-order chi connectivity index (χ0) is 18.1. The first kappa shape index (κ1) is 16.3. The van der Waals surface area contributed by atoms with Crippen LogP contribution in [0.15, 0.2) is 54.6 Å². The molecule has 0 unspecified atom stereocenters. The van der Waals surface area contributed by atoms with Crippen LogP contribution in [0.3, 0.4) is 0 Å². The normalized spacial score (nSPS) is 19.2. The number of primary amides is 1. The third-order valence-electron chi connectivity index (χ3n) is 4.92. The third kappa shape index (κ3) is 2.81. The molecular weight excluding hydrogens is 328 g/mol. The van der Waals surface area contributed by atoms with E-state index in [9.17, 15) is 4.79 Å². The van der Waals surface area contributed by atoms with Gasteiger partial charge in [-0.3, -0.25) is 4.79 Å². The molecule has 7 nitrogen and oxygen atoms in total. The van der Waals surface area contributed by atoms with Crippen LogP contribution in [0.1, 0.15) is 30.7 Å². The molecule has 1 amide bonds. The highest BCUT2D eigenvalue weighted by Crippen LogP contribution is 2.38. The molecule has 4 rings (SSSR count). The molecule has 2 aromatic carbocycles. The van der Waals surface area contributed by atoms with Gasteiger partial charge in [-0.05, 0) is 47.5 Å². The first-order chi connectivity index (χ1) is 12.6. The van der Waals surface area contributed by atoms with Gasteiger partial charge in [0.15, 0.2) is 5.82 Å². The summed E-state index contributed by atoms with van der Waals surface area (Å²) in [6.07, 6.45) is 0.680. The van der Waals surface area contributed by atoms with Crippen LogP contribution in [-0.2, 0) is 11.3 Å². The lowest BCUT2D eigenvalue weighted by Gasteiger charge is -2.39. The topological polar surface area (TPSA) is 89.9 Å². The van der Waals surface area contributed by atoms with Crippen molar-refractivity contribution >= 4 is 11.6 Å². The second-order valence-electron chi connectivity index (χ2n) is 6.57. The van der Waals surface area contributed by atoms with E-state index in [0.717, 1.165) is 22.8 Å². The van der Waals surface area contributed by atoms with Crippen LogP contribution in [0, 0.1) is 0 Å². The van der Waals surface area contributed by atoms with Gasteiger partial charge in [0.05, 0.1) is 18.2 Å². The molecule has 0 bridgehead atoms. The molecule has 132 valence electrons. The number of tetrazole rings is 1. The summed E-state index contributed by atoms with van der Waals surface area (Å²) in [7, 11) is 0. The first-order valence-electron chi connectivity index (χ1n) is 8.62. The molecule has 0 spiro atoms. The predicted molar refractivity (Wildman–Crippen MR) is 97.8 cm³/mol.